The van der Waals surface area contributed by atoms with Crippen LogP contribution in [0.2, 0.25) is 0 Å². The molecule has 0 nitrogen and oxygen atoms in total. The molecular weight excluding hydrogens is 478 g/mol. The van der Waals surface area contributed by atoms with Crippen molar-refractivity contribution in [3.05, 3.63) is 0 Å². The summed E-state index contributed by atoms with van der Waals surface area (Å²) in [6, 6.07) is 0. The van der Waals surface area contributed by atoms with Crippen LogP contribution in [-0.4, -0.2) is 34.0 Å². The van der Waals surface area contributed by atoms with Crippen LogP contribution >= 0.6 is 15.8 Å². The van der Waals surface area contributed by atoms with Gasteiger partial charge < -0.3 is 0 Å². The summed E-state index contributed by atoms with van der Waals surface area (Å²) in [6.07, 6.45) is 18.6. The van der Waals surface area contributed by atoms with Gasteiger partial charge in [-0.3, -0.25) is 0 Å². The number of hydrogen-bond donors (Lipinski definition) is 0. The Morgan fingerprint density at radius 2 is 0.606 bits per heavy atom. The smallest absolute Gasteiger partial charge is 0 e. The molecule has 4 atom stereocenters. The molecule has 0 aromatic carbocycles. The van der Waals surface area contributed by atoms with Crippen molar-refractivity contribution in [1.29, 1.82) is 0 Å². The Labute approximate surface area is 222 Å². The van der Waals surface area contributed by atoms with Crippen LogP contribution in [0.4, 0.5) is 0 Å². The molecule has 33 heavy (non-hydrogen) atoms. The molecule has 0 radical (unpaired) electrons. The van der Waals surface area contributed by atoms with E-state index in [2.05, 4.69) is 55.4 Å². The molecule has 4 rings (SSSR count). The van der Waals surface area contributed by atoms with Gasteiger partial charge in [0.15, 0.2) is 0 Å². The standard InChI is InChI=1S/2C15H29P.Fe/c2*1-11(2)14-9-10-15(12(3)4)16(14)13-7-5-6-8-13;/h2*11-15H,5-10H2,1-4H3;/t2*14-,15-;/m11./s1. The quantitative estimate of drug-likeness (QED) is 0.234. The predicted molar refractivity (Wildman–Crippen MR) is 151 cm³/mol. The summed E-state index contributed by atoms with van der Waals surface area (Å²) >= 11 is 0. The molecule has 3 heteroatoms. The van der Waals surface area contributed by atoms with E-state index in [4.69, 9.17) is 0 Å². The van der Waals surface area contributed by atoms with Crippen LogP contribution in [0.15, 0.2) is 0 Å². The summed E-state index contributed by atoms with van der Waals surface area (Å²) in [5.74, 6) is 3.76. The van der Waals surface area contributed by atoms with Gasteiger partial charge in [0.2, 0.25) is 0 Å². The Bertz CT molecular complexity index is 453. The molecule has 0 N–H and O–H groups in total. The Morgan fingerprint density at radius 1 is 0.394 bits per heavy atom. The van der Waals surface area contributed by atoms with Crippen molar-refractivity contribution in [2.75, 3.05) is 0 Å². The van der Waals surface area contributed by atoms with Crippen molar-refractivity contribution < 1.29 is 17.1 Å². The van der Waals surface area contributed by atoms with E-state index in [1.807, 2.05) is 0 Å². The third kappa shape index (κ3) is 7.69. The van der Waals surface area contributed by atoms with Crippen molar-refractivity contribution in [2.24, 2.45) is 23.7 Å². The molecule has 196 valence electrons. The largest absolute Gasteiger partial charge is 0.0966 e. The molecule has 0 aromatic rings. The third-order valence-corrected chi connectivity index (χ3v) is 18.8. The van der Waals surface area contributed by atoms with E-state index >= 15 is 0 Å². The van der Waals surface area contributed by atoms with E-state index in [1.54, 1.807) is 51.4 Å². The Hall–Kier alpha value is 1.38. The van der Waals surface area contributed by atoms with E-state index < -0.39 is 0 Å². The van der Waals surface area contributed by atoms with Crippen molar-refractivity contribution >= 4 is 15.8 Å². The van der Waals surface area contributed by atoms with E-state index in [0.29, 0.717) is 15.8 Å². The van der Waals surface area contributed by atoms with Gasteiger partial charge in [-0.1, -0.05) is 96.9 Å². The SMILES string of the molecule is CC(C)[C@H]1CC[C@H](C(C)C)P1C1CCCC1.CC(C)[C@H]1CC[C@H](C(C)C)P1C1CCCC1.[Fe]. The Morgan fingerprint density at radius 3 is 0.788 bits per heavy atom. The minimum atomic E-state index is 0. The Kier molecular flexibility index (Phi) is 13.3. The first-order valence-corrected chi connectivity index (χ1v) is 17.9. The summed E-state index contributed by atoms with van der Waals surface area (Å²) < 4.78 is 0. The first-order chi connectivity index (χ1) is 15.2. The zero-order valence-electron chi connectivity index (χ0n) is 23.5. The fraction of sp³-hybridized carbons (Fsp3) is 1.00. The molecule has 0 spiro atoms. The molecule has 2 aliphatic carbocycles. The average Bonchev–Trinajstić information content (AvgIpc) is 3.54. The molecule has 4 fully saturated rings. The summed E-state index contributed by atoms with van der Waals surface area (Å²) in [5, 5.41) is 0. The fourth-order valence-corrected chi connectivity index (χ4v) is 17.6. The second-order valence-electron chi connectivity index (χ2n) is 13.2. The topological polar surface area (TPSA) is 0 Å². The molecule has 0 bridgehead atoms. The van der Waals surface area contributed by atoms with Crippen molar-refractivity contribution in [3.63, 3.8) is 0 Å². The van der Waals surface area contributed by atoms with E-state index in [-0.39, 0.29) is 17.1 Å². The fourth-order valence-electron chi connectivity index (χ4n) is 7.97. The maximum atomic E-state index is 2.47. The number of hydrogen-bond acceptors (Lipinski definition) is 0. The molecule has 0 aromatic heterocycles. The molecule has 2 heterocycles. The maximum Gasteiger partial charge on any atom is 0 e. The second kappa shape index (κ2) is 14.4. The summed E-state index contributed by atoms with van der Waals surface area (Å²) in [4.78, 5) is 0. The van der Waals surface area contributed by atoms with Crippen molar-refractivity contribution in [1.82, 2.24) is 0 Å². The Balaban J connectivity index is 0.000000227. The molecule has 2 saturated carbocycles. The van der Waals surface area contributed by atoms with Crippen LogP contribution in [0.1, 0.15) is 132 Å². The van der Waals surface area contributed by atoms with E-state index in [1.165, 1.54) is 25.7 Å². The van der Waals surface area contributed by atoms with Crippen LogP contribution in [0.3, 0.4) is 0 Å². The van der Waals surface area contributed by atoms with Gasteiger partial charge in [-0.2, -0.15) is 0 Å². The molecule has 0 unspecified atom stereocenters. The van der Waals surface area contributed by atoms with Gasteiger partial charge in [0.25, 0.3) is 0 Å². The zero-order chi connectivity index (χ0) is 23.4. The molecule has 2 aliphatic heterocycles. The van der Waals surface area contributed by atoms with Crippen LogP contribution in [0.25, 0.3) is 0 Å². The van der Waals surface area contributed by atoms with Gasteiger partial charge in [0.1, 0.15) is 0 Å². The summed E-state index contributed by atoms with van der Waals surface area (Å²) in [5.41, 5.74) is 6.71. The first kappa shape index (κ1) is 30.6. The third-order valence-electron chi connectivity index (χ3n) is 9.62. The van der Waals surface area contributed by atoms with Gasteiger partial charge >= 0.3 is 0 Å². The van der Waals surface area contributed by atoms with Gasteiger partial charge in [-0.05, 0) is 109 Å². The van der Waals surface area contributed by atoms with Gasteiger partial charge in [0, 0.05) is 17.1 Å². The minimum absolute atomic E-state index is 0. The second-order valence-corrected chi connectivity index (χ2v) is 19.1. The van der Waals surface area contributed by atoms with E-state index in [9.17, 15) is 0 Å². The normalized spacial score (nSPS) is 32.4. The zero-order valence-corrected chi connectivity index (χ0v) is 26.4. The first-order valence-electron chi connectivity index (χ1n) is 14.8. The van der Waals surface area contributed by atoms with Crippen LogP contribution in [0.5, 0.6) is 0 Å². The molecule has 0 amide bonds. The monoisotopic (exact) mass is 536 g/mol. The predicted octanol–water partition coefficient (Wildman–Crippen LogP) is 10.5. The molecule has 2 saturated heterocycles. The van der Waals surface area contributed by atoms with Gasteiger partial charge in [-0.15, -0.1) is 0 Å². The van der Waals surface area contributed by atoms with Crippen molar-refractivity contribution in [3.8, 4) is 0 Å². The molecular formula is C30H58FeP2. The number of rotatable bonds is 6. The van der Waals surface area contributed by atoms with Crippen LogP contribution in [-0.2, 0) is 17.1 Å². The maximum absolute atomic E-state index is 2.47. The summed E-state index contributed by atoms with van der Waals surface area (Å²) in [6.45, 7) is 19.8. The van der Waals surface area contributed by atoms with Crippen LogP contribution < -0.4 is 0 Å². The van der Waals surface area contributed by atoms with E-state index in [0.717, 1.165) is 57.6 Å². The van der Waals surface area contributed by atoms with Crippen LogP contribution in [0, 0.1) is 23.7 Å². The van der Waals surface area contributed by atoms with Crippen molar-refractivity contribution in [2.45, 2.75) is 166 Å². The molecule has 4 aliphatic rings. The average molecular weight is 537 g/mol. The van der Waals surface area contributed by atoms with Gasteiger partial charge in [0.05, 0.1) is 0 Å². The van der Waals surface area contributed by atoms with Gasteiger partial charge in [-0.25, -0.2) is 0 Å². The summed E-state index contributed by atoms with van der Waals surface area (Å²) in [7, 11) is 0.696. The minimum Gasteiger partial charge on any atom is -0.0966 e.